The fourth-order valence-electron chi connectivity index (χ4n) is 2.73. The average molecular weight is 259 g/mol. The molecular weight excluding hydrogens is 238 g/mol. The Balaban J connectivity index is 1.62. The summed E-state index contributed by atoms with van der Waals surface area (Å²) >= 11 is 0. The molecule has 102 valence electrons. The Morgan fingerprint density at radius 1 is 1.42 bits per heavy atom. The first-order chi connectivity index (χ1) is 9.06. The molecule has 1 saturated heterocycles. The number of nitrogens with one attached hydrogen (secondary N) is 1. The van der Waals surface area contributed by atoms with Gasteiger partial charge in [-0.1, -0.05) is 12.1 Å². The highest BCUT2D eigenvalue weighted by molar-refractivity contribution is 5.71. The van der Waals surface area contributed by atoms with E-state index in [1.807, 2.05) is 12.1 Å². The van der Waals surface area contributed by atoms with Gasteiger partial charge in [-0.2, -0.15) is 0 Å². The molecule has 3 rings (SSSR count). The maximum atomic E-state index is 9.64. The van der Waals surface area contributed by atoms with E-state index in [1.54, 1.807) is 6.07 Å². The zero-order valence-corrected chi connectivity index (χ0v) is 11.6. The fraction of sp³-hybridized carbons (Fsp3) is 0.500. The molecule has 1 unspecified atom stereocenters. The largest absolute Gasteiger partial charge is 0.508 e. The standard InChI is InChI=1S/C16H21NO2/c1-16(2)15(19-16)17-9-8-12-5-3-4-11-6-7-13(18)10-14(11)12/h5-7,10,15,17-18H,3-4,8-9H2,1-2H3. The van der Waals surface area contributed by atoms with Crippen LogP contribution in [0.15, 0.2) is 24.3 Å². The van der Waals surface area contributed by atoms with Gasteiger partial charge in [-0.05, 0) is 61.9 Å². The number of epoxide rings is 1. The van der Waals surface area contributed by atoms with E-state index in [-0.39, 0.29) is 11.8 Å². The summed E-state index contributed by atoms with van der Waals surface area (Å²) in [7, 11) is 0. The van der Waals surface area contributed by atoms with E-state index >= 15 is 0 Å². The lowest BCUT2D eigenvalue weighted by Crippen LogP contribution is -2.24. The van der Waals surface area contributed by atoms with Crippen LogP contribution in [0, 0.1) is 0 Å². The van der Waals surface area contributed by atoms with Crippen molar-refractivity contribution < 1.29 is 9.84 Å². The minimum atomic E-state index is -0.00286. The number of phenols is 1. The minimum Gasteiger partial charge on any atom is -0.508 e. The van der Waals surface area contributed by atoms with Crippen molar-refractivity contribution in [3.63, 3.8) is 0 Å². The zero-order chi connectivity index (χ0) is 13.5. The second kappa shape index (κ2) is 4.66. The summed E-state index contributed by atoms with van der Waals surface area (Å²) in [6, 6.07) is 5.71. The maximum absolute atomic E-state index is 9.64. The Labute approximate surface area is 114 Å². The van der Waals surface area contributed by atoms with Gasteiger partial charge in [-0.3, -0.25) is 5.32 Å². The Kier molecular flexibility index (Phi) is 3.11. The lowest BCUT2D eigenvalue weighted by atomic mass is 9.89. The molecule has 19 heavy (non-hydrogen) atoms. The van der Waals surface area contributed by atoms with Gasteiger partial charge in [-0.25, -0.2) is 0 Å². The number of rotatable bonds is 4. The van der Waals surface area contributed by atoms with Gasteiger partial charge in [0.25, 0.3) is 0 Å². The van der Waals surface area contributed by atoms with Gasteiger partial charge in [0.05, 0.1) is 0 Å². The monoisotopic (exact) mass is 259 g/mol. The number of phenolic OH excluding ortho intramolecular Hbond substituents is 1. The summed E-state index contributed by atoms with van der Waals surface area (Å²) in [6.07, 6.45) is 5.64. The smallest absolute Gasteiger partial charge is 0.137 e. The highest BCUT2D eigenvalue weighted by atomic mass is 16.6. The van der Waals surface area contributed by atoms with E-state index in [0.717, 1.165) is 25.8 Å². The summed E-state index contributed by atoms with van der Waals surface area (Å²) in [6.45, 7) is 5.10. The molecule has 1 heterocycles. The summed E-state index contributed by atoms with van der Waals surface area (Å²) in [5, 5.41) is 13.0. The average Bonchev–Trinajstić information content (AvgIpc) is 2.97. The first-order valence-corrected chi connectivity index (χ1v) is 6.99. The van der Waals surface area contributed by atoms with Crippen molar-refractivity contribution in [2.75, 3.05) is 6.54 Å². The quantitative estimate of drug-likeness (QED) is 0.817. The van der Waals surface area contributed by atoms with Crippen LogP contribution in [0.2, 0.25) is 0 Å². The van der Waals surface area contributed by atoms with Crippen molar-refractivity contribution in [2.24, 2.45) is 0 Å². The number of benzene rings is 1. The van der Waals surface area contributed by atoms with Crippen LogP contribution in [-0.2, 0) is 11.2 Å². The van der Waals surface area contributed by atoms with Gasteiger partial charge in [0.1, 0.15) is 17.6 Å². The predicted molar refractivity (Wildman–Crippen MR) is 76.0 cm³/mol. The molecule has 2 aliphatic rings. The van der Waals surface area contributed by atoms with Crippen LogP contribution in [0.1, 0.15) is 37.8 Å². The molecule has 0 aromatic heterocycles. The van der Waals surface area contributed by atoms with Crippen LogP contribution in [0.5, 0.6) is 5.75 Å². The molecule has 1 aromatic carbocycles. The molecule has 1 atom stereocenters. The van der Waals surface area contributed by atoms with Crippen molar-refractivity contribution in [3.05, 3.63) is 35.4 Å². The van der Waals surface area contributed by atoms with Gasteiger partial charge < -0.3 is 9.84 Å². The van der Waals surface area contributed by atoms with Gasteiger partial charge in [-0.15, -0.1) is 0 Å². The normalized spacial score (nSPS) is 23.7. The topological polar surface area (TPSA) is 44.8 Å². The van der Waals surface area contributed by atoms with E-state index < -0.39 is 0 Å². The molecule has 0 bridgehead atoms. The molecular formula is C16H21NO2. The molecule has 2 N–H and O–H groups in total. The van der Waals surface area contributed by atoms with Gasteiger partial charge in [0.2, 0.25) is 0 Å². The number of hydrogen-bond donors (Lipinski definition) is 2. The van der Waals surface area contributed by atoms with Crippen LogP contribution >= 0.6 is 0 Å². The maximum Gasteiger partial charge on any atom is 0.137 e. The number of aryl methyl sites for hydroxylation is 1. The van der Waals surface area contributed by atoms with Crippen LogP contribution in [0.25, 0.3) is 5.57 Å². The fourth-order valence-corrected chi connectivity index (χ4v) is 2.73. The molecule has 3 nitrogen and oxygen atoms in total. The number of hydrogen-bond acceptors (Lipinski definition) is 3. The highest BCUT2D eigenvalue weighted by Gasteiger charge is 2.47. The number of aromatic hydroxyl groups is 1. The van der Waals surface area contributed by atoms with Crippen molar-refractivity contribution in [1.29, 1.82) is 0 Å². The van der Waals surface area contributed by atoms with Gasteiger partial charge in [0, 0.05) is 6.54 Å². The van der Waals surface area contributed by atoms with E-state index in [9.17, 15) is 5.11 Å². The molecule has 3 heteroatoms. The molecule has 0 radical (unpaired) electrons. The Morgan fingerprint density at radius 2 is 2.21 bits per heavy atom. The van der Waals surface area contributed by atoms with Crippen LogP contribution in [0.4, 0.5) is 0 Å². The first-order valence-electron chi connectivity index (χ1n) is 6.99. The third kappa shape index (κ3) is 2.67. The molecule has 1 fully saturated rings. The minimum absolute atomic E-state index is 0.00286. The Hall–Kier alpha value is -1.32. The molecule has 0 spiro atoms. The summed E-state index contributed by atoms with van der Waals surface area (Å²) < 4.78 is 5.51. The number of ether oxygens (including phenoxy) is 1. The van der Waals surface area contributed by atoms with Crippen LogP contribution < -0.4 is 5.32 Å². The van der Waals surface area contributed by atoms with Crippen molar-refractivity contribution >= 4 is 5.57 Å². The molecule has 0 saturated carbocycles. The van der Waals surface area contributed by atoms with E-state index in [4.69, 9.17) is 4.74 Å². The van der Waals surface area contributed by atoms with E-state index in [0.29, 0.717) is 5.75 Å². The predicted octanol–water partition coefficient (Wildman–Crippen LogP) is 2.84. The van der Waals surface area contributed by atoms with Crippen molar-refractivity contribution in [2.45, 2.75) is 44.9 Å². The first kappa shape index (κ1) is 12.7. The second-order valence-electron chi connectivity index (χ2n) is 5.91. The van der Waals surface area contributed by atoms with Crippen molar-refractivity contribution in [1.82, 2.24) is 5.32 Å². The van der Waals surface area contributed by atoms with E-state index in [2.05, 4.69) is 25.2 Å². The van der Waals surface area contributed by atoms with Crippen molar-refractivity contribution in [3.8, 4) is 5.75 Å². The second-order valence-corrected chi connectivity index (χ2v) is 5.91. The third-order valence-electron chi connectivity index (χ3n) is 3.96. The molecule has 1 aliphatic carbocycles. The third-order valence-corrected chi connectivity index (χ3v) is 3.96. The molecule has 1 aromatic rings. The Bertz CT molecular complexity index is 519. The van der Waals surface area contributed by atoms with E-state index in [1.165, 1.54) is 16.7 Å². The molecule has 1 aliphatic heterocycles. The summed E-state index contributed by atoms with van der Waals surface area (Å²) in [5.41, 5.74) is 3.89. The number of fused-ring (bicyclic) bond motifs is 1. The lowest BCUT2D eigenvalue weighted by Gasteiger charge is -2.18. The molecule has 0 amide bonds. The SMILES string of the molecule is CC1(C)OC1NCCC1=CCCc2ccc(O)cc21. The van der Waals surface area contributed by atoms with Gasteiger partial charge >= 0.3 is 0 Å². The van der Waals surface area contributed by atoms with Gasteiger partial charge in [0.15, 0.2) is 0 Å². The lowest BCUT2D eigenvalue weighted by molar-refractivity contribution is 0.311. The Morgan fingerprint density at radius 3 is 2.95 bits per heavy atom. The van der Waals surface area contributed by atoms with Crippen LogP contribution in [-0.4, -0.2) is 23.5 Å². The highest BCUT2D eigenvalue weighted by Crippen LogP contribution is 2.34. The zero-order valence-electron chi connectivity index (χ0n) is 11.6. The number of allylic oxidation sites excluding steroid dienone is 1. The summed E-state index contributed by atoms with van der Waals surface area (Å²) in [5.74, 6) is 0.353. The summed E-state index contributed by atoms with van der Waals surface area (Å²) in [4.78, 5) is 0. The van der Waals surface area contributed by atoms with Crippen LogP contribution in [0.3, 0.4) is 0 Å².